The fourth-order valence-corrected chi connectivity index (χ4v) is 3.26. The lowest BCUT2D eigenvalue weighted by atomic mass is 10.1. The van der Waals surface area contributed by atoms with E-state index >= 15 is 0 Å². The van der Waals surface area contributed by atoms with Gasteiger partial charge in [0.15, 0.2) is 17.5 Å². The fourth-order valence-electron chi connectivity index (χ4n) is 2.69. The lowest BCUT2D eigenvalue weighted by molar-refractivity contribution is 0.288. The van der Waals surface area contributed by atoms with E-state index in [4.69, 9.17) is 43.1 Å². The maximum Gasteiger partial charge on any atom is 0.203 e. The third kappa shape index (κ3) is 7.01. The fraction of sp³-hybridized carbons (Fsp3) is 0.350. The monoisotopic (exact) mass is 553 g/mol. The van der Waals surface area contributed by atoms with Gasteiger partial charge in [0.1, 0.15) is 0 Å². The summed E-state index contributed by atoms with van der Waals surface area (Å²) in [5.74, 6) is 2.03. The molecule has 9 heteroatoms. The van der Waals surface area contributed by atoms with E-state index in [2.05, 4.69) is 10.3 Å². The summed E-state index contributed by atoms with van der Waals surface area (Å²) >= 11 is 12.2. The number of ether oxygens (including phenoxy) is 3. The van der Waals surface area contributed by atoms with Gasteiger partial charge in [-0.3, -0.25) is 0 Å². The SMILES string of the molecule is CCOc1c(OC)cc(CN=C(N)NC(C)c2ccc(Cl)cc2Cl)cc1OC.I. The summed E-state index contributed by atoms with van der Waals surface area (Å²) in [6.45, 7) is 4.70. The lowest BCUT2D eigenvalue weighted by Crippen LogP contribution is -2.34. The van der Waals surface area contributed by atoms with Crippen LogP contribution in [0.4, 0.5) is 0 Å². The highest BCUT2D eigenvalue weighted by Crippen LogP contribution is 2.38. The second-order valence-corrected chi connectivity index (χ2v) is 6.84. The van der Waals surface area contributed by atoms with Crippen LogP contribution in [-0.4, -0.2) is 26.8 Å². The first-order valence-electron chi connectivity index (χ1n) is 8.78. The Balaban J connectivity index is 0.00000420. The zero-order valence-electron chi connectivity index (χ0n) is 16.8. The molecule has 2 aromatic carbocycles. The second-order valence-electron chi connectivity index (χ2n) is 6.00. The molecule has 0 aliphatic carbocycles. The predicted octanol–water partition coefficient (Wildman–Crippen LogP) is 5.19. The van der Waals surface area contributed by atoms with Crippen LogP contribution in [-0.2, 0) is 6.54 Å². The van der Waals surface area contributed by atoms with Crippen molar-refractivity contribution in [2.24, 2.45) is 10.7 Å². The molecule has 0 aromatic heterocycles. The van der Waals surface area contributed by atoms with E-state index in [0.717, 1.165) is 11.1 Å². The van der Waals surface area contributed by atoms with Crippen LogP contribution in [0.3, 0.4) is 0 Å². The molecule has 0 fully saturated rings. The Morgan fingerprint density at radius 1 is 1.14 bits per heavy atom. The summed E-state index contributed by atoms with van der Waals surface area (Å²) in [6, 6.07) is 8.92. The number of nitrogens with one attached hydrogen (secondary N) is 1. The summed E-state index contributed by atoms with van der Waals surface area (Å²) in [7, 11) is 3.16. The molecule has 0 spiro atoms. The molecule has 2 aromatic rings. The van der Waals surface area contributed by atoms with Crippen LogP contribution in [0, 0.1) is 0 Å². The molecular formula is C20H26Cl2IN3O3. The summed E-state index contributed by atoms with van der Waals surface area (Å²) in [5.41, 5.74) is 7.80. The van der Waals surface area contributed by atoms with E-state index in [-0.39, 0.29) is 30.0 Å². The minimum atomic E-state index is -0.127. The van der Waals surface area contributed by atoms with Gasteiger partial charge in [-0.05, 0) is 49.2 Å². The number of nitrogens with two attached hydrogens (primary N) is 1. The van der Waals surface area contributed by atoms with Gasteiger partial charge in [0.2, 0.25) is 5.75 Å². The normalized spacial score (nSPS) is 12.0. The molecular weight excluding hydrogens is 528 g/mol. The first-order valence-corrected chi connectivity index (χ1v) is 9.54. The highest BCUT2D eigenvalue weighted by molar-refractivity contribution is 14.0. The van der Waals surface area contributed by atoms with Gasteiger partial charge in [-0.2, -0.15) is 0 Å². The van der Waals surface area contributed by atoms with Crippen molar-refractivity contribution in [2.75, 3.05) is 20.8 Å². The van der Waals surface area contributed by atoms with Crippen molar-refractivity contribution in [2.45, 2.75) is 26.4 Å². The number of halogens is 3. The molecule has 0 aliphatic rings. The molecule has 1 atom stereocenters. The van der Waals surface area contributed by atoms with Crippen molar-refractivity contribution < 1.29 is 14.2 Å². The summed E-state index contributed by atoms with van der Waals surface area (Å²) in [4.78, 5) is 4.40. The summed E-state index contributed by atoms with van der Waals surface area (Å²) in [5, 5.41) is 4.28. The third-order valence-corrected chi connectivity index (χ3v) is 4.60. The van der Waals surface area contributed by atoms with Crippen LogP contribution in [0.2, 0.25) is 10.0 Å². The van der Waals surface area contributed by atoms with Gasteiger partial charge in [0.05, 0.1) is 33.4 Å². The van der Waals surface area contributed by atoms with E-state index in [1.54, 1.807) is 26.4 Å². The zero-order chi connectivity index (χ0) is 20.7. The Morgan fingerprint density at radius 3 is 2.28 bits per heavy atom. The Kier molecular flexibility index (Phi) is 10.7. The van der Waals surface area contributed by atoms with Crippen molar-refractivity contribution in [1.82, 2.24) is 5.32 Å². The van der Waals surface area contributed by atoms with E-state index in [1.165, 1.54) is 0 Å². The number of guanidine groups is 1. The average molecular weight is 554 g/mol. The van der Waals surface area contributed by atoms with Gasteiger partial charge in [0.25, 0.3) is 0 Å². The van der Waals surface area contributed by atoms with Gasteiger partial charge >= 0.3 is 0 Å². The Labute approximate surface area is 198 Å². The van der Waals surface area contributed by atoms with Crippen molar-refractivity contribution in [1.29, 1.82) is 0 Å². The van der Waals surface area contributed by atoms with Crippen molar-refractivity contribution >= 4 is 53.1 Å². The molecule has 0 bridgehead atoms. The molecule has 0 saturated heterocycles. The van der Waals surface area contributed by atoms with Crippen LogP contribution in [0.5, 0.6) is 17.2 Å². The topological polar surface area (TPSA) is 78.1 Å². The Morgan fingerprint density at radius 2 is 1.76 bits per heavy atom. The molecule has 29 heavy (non-hydrogen) atoms. The number of nitrogens with zero attached hydrogens (tertiary/aromatic N) is 1. The van der Waals surface area contributed by atoms with Gasteiger partial charge < -0.3 is 25.3 Å². The number of methoxy groups -OCH3 is 2. The Bertz CT molecular complexity index is 825. The zero-order valence-corrected chi connectivity index (χ0v) is 20.6. The first kappa shape index (κ1) is 25.5. The van der Waals surface area contributed by atoms with Crippen LogP contribution in [0.25, 0.3) is 0 Å². The number of hydrogen-bond donors (Lipinski definition) is 2. The number of hydrogen-bond acceptors (Lipinski definition) is 4. The maximum atomic E-state index is 6.24. The van der Waals surface area contributed by atoms with E-state index < -0.39 is 0 Å². The van der Waals surface area contributed by atoms with Gasteiger partial charge in [-0.15, -0.1) is 24.0 Å². The molecule has 0 heterocycles. The van der Waals surface area contributed by atoms with Crippen LogP contribution >= 0.6 is 47.2 Å². The lowest BCUT2D eigenvalue weighted by Gasteiger charge is -2.17. The quantitative estimate of drug-likeness (QED) is 0.267. The molecule has 6 nitrogen and oxygen atoms in total. The van der Waals surface area contributed by atoms with E-state index in [9.17, 15) is 0 Å². The number of benzene rings is 2. The molecule has 0 aliphatic heterocycles. The average Bonchev–Trinajstić information content (AvgIpc) is 2.66. The highest BCUT2D eigenvalue weighted by atomic mass is 127. The summed E-state index contributed by atoms with van der Waals surface area (Å²) < 4.78 is 16.4. The molecule has 3 N–H and O–H groups in total. The number of rotatable bonds is 8. The number of aliphatic imine (C=N–C) groups is 1. The van der Waals surface area contributed by atoms with E-state index in [1.807, 2.05) is 32.0 Å². The molecule has 160 valence electrons. The van der Waals surface area contributed by atoms with Gasteiger partial charge in [-0.25, -0.2) is 4.99 Å². The van der Waals surface area contributed by atoms with Crippen LogP contribution in [0.1, 0.15) is 31.0 Å². The molecule has 0 saturated carbocycles. The van der Waals surface area contributed by atoms with Crippen LogP contribution in [0.15, 0.2) is 35.3 Å². The van der Waals surface area contributed by atoms with Crippen LogP contribution < -0.4 is 25.3 Å². The van der Waals surface area contributed by atoms with Crippen molar-refractivity contribution in [3.05, 3.63) is 51.5 Å². The van der Waals surface area contributed by atoms with Gasteiger partial charge in [0, 0.05) is 10.0 Å². The van der Waals surface area contributed by atoms with E-state index in [0.29, 0.717) is 46.4 Å². The minimum Gasteiger partial charge on any atom is -0.493 e. The first-order chi connectivity index (χ1) is 13.4. The molecule has 0 radical (unpaired) electrons. The minimum absolute atomic E-state index is 0. The highest BCUT2D eigenvalue weighted by Gasteiger charge is 2.14. The second kappa shape index (κ2) is 12.2. The molecule has 1 unspecified atom stereocenters. The smallest absolute Gasteiger partial charge is 0.203 e. The van der Waals surface area contributed by atoms with Crippen molar-refractivity contribution in [3.8, 4) is 17.2 Å². The van der Waals surface area contributed by atoms with Crippen molar-refractivity contribution in [3.63, 3.8) is 0 Å². The third-order valence-electron chi connectivity index (χ3n) is 4.03. The molecule has 0 amide bonds. The maximum absolute atomic E-state index is 6.24. The largest absolute Gasteiger partial charge is 0.493 e. The van der Waals surface area contributed by atoms with Gasteiger partial charge in [-0.1, -0.05) is 29.3 Å². The predicted molar refractivity (Wildman–Crippen MR) is 129 cm³/mol. The summed E-state index contributed by atoms with van der Waals surface area (Å²) in [6.07, 6.45) is 0. The Hall–Kier alpha value is -1.58. The standard InChI is InChI=1S/C20H25Cl2N3O3.HI/c1-5-28-19-17(26-3)8-13(9-18(19)27-4)11-24-20(23)25-12(2)15-7-6-14(21)10-16(15)22;/h6-10,12H,5,11H2,1-4H3,(H3,23,24,25);1H. The molecule has 2 rings (SSSR count).